The van der Waals surface area contributed by atoms with Crippen LogP contribution in [0.3, 0.4) is 0 Å². The Labute approximate surface area is 257 Å². The van der Waals surface area contributed by atoms with Gasteiger partial charge in [0.05, 0.1) is 0 Å². The summed E-state index contributed by atoms with van der Waals surface area (Å²) in [5.41, 5.74) is 4.80. The Morgan fingerprint density at radius 1 is 0.318 bits per heavy atom. The number of rotatable bonds is 5. The standard InChI is InChI=1S/C42H29OP/c43-44(32-16-3-1-4-17-32,33-18-5-2-6-19-33)34-28-26-31(27-29-34)41-37-21-9-11-23-39(37)42(40-24-12-10-22-38(40)41)36-25-13-15-30-14-7-8-20-35(30)36/h1-29H. The third-order valence-electron chi connectivity index (χ3n) is 8.75. The van der Waals surface area contributed by atoms with Crippen molar-refractivity contribution in [2.45, 2.75) is 0 Å². The molecule has 44 heavy (non-hydrogen) atoms. The van der Waals surface area contributed by atoms with E-state index >= 15 is 0 Å². The molecule has 0 radical (unpaired) electrons. The summed E-state index contributed by atoms with van der Waals surface area (Å²) in [5.74, 6) is 0. The van der Waals surface area contributed by atoms with Crippen LogP contribution in [0.15, 0.2) is 176 Å². The fraction of sp³-hybridized carbons (Fsp3) is 0. The van der Waals surface area contributed by atoms with E-state index in [0.29, 0.717) is 0 Å². The quantitative estimate of drug-likeness (QED) is 0.146. The first kappa shape index (κ1) is 26.4. The first-order valence-electron chi connectivity index (χ1n) is 15.0. The molecule has 0 saturated heterocycles. The fourth-order valence-corrected chi connectivity index (χ4v) is 9.38. The third kappa shape index (κ3) is 4.21. The first-order chi connectivity index (χ1) is 21.7. The molecule has 0 spiro atoms. The lowest BCUT2D eigenvalue weighted by molar-refractivity contribution is 0.592. The number of benzene rings is 8. The van der Waals surface area contributed by atoms with Gasteiger partial charge in [-0.3, -0.25) is 0 Å². The molecule has 0 saturated carbocycles. The molecule has 0 N–H and O–H groups in total. The summed E-state index contributed by atoms with van der Waals surface area (Å²) in [6.07, 6.45) is 0. The van der Waals surface area contributed by atoms with Gasteiger partial charge in [-0.15, -0.1) is 0 Å². The van der Waals surface area contributed by atoms with Crippen LogP contribution in [0.5, 0.6) is 0 Å². The van der Waals surface area contributed by atoms with Crippen LogP contribution in [-0.2, 0) is 4.57 Å². The van der Waals surface area contributed by atoms with Crippen molar-refractivity contribution in [3.05, 3.63) is 176 Å². The minimum atomic E-state index is -3.06. The molecule has 2 heteroatoms. The average molecular weight is 581 g/mol. The van der Waals surface area contributed by atoms with Gasteiger partial charge in [0.1, 0.15) is 0 Å². The Morgan fingerprint density at radius 3 is 1.27 bits per heavy atom. The van der Waals surface area contributed by atoms with Gasteiger partial charge < -0.3 is 4.57 Å². The zero-order valence-corrected chi connectivity index (χ0v) is 25.0. The van der Waals surface area contributed by atoms with Crippen LogP contribution < -0.4 is 15.9 Å². The summed E-state index contributed by atoms with van der Waals surface area (Å²) >= 11 is 0. The van der Waals surface area contributed by atoms with Crippen molar-refractivity contribution in [2.24, 2.45) is 0 Å². The second kappa shape index (κ2) is 10.8. The van der Waals surface area contributed by atoms with E-state index in [4.69, 9.17) is 0 Å². The van der Waals surface area contributed by atoms with Crippen molar-refractivity contribution >= 4 is 55.4 Å². The highest BCUT2D eigenvalue weighted by Gasteiger charge is 2.29. The maximum atomic E-state index is 15.0. The molecule has 0 bridgehead atoms. The van der Waals surface area contributed by atoms with E-state index in [1.807, 2.05) is 60.7 Å². The zero-order chi connectivity index (χ0) is 29.5. The summed E-state index contributed by atoms with van der Waals surface area (Å²) in [4.78, 5) is 0. The van der Waals surface area contributed by atoms with E-state index in [2.05, 4.69) is 115 Å². The Kier molecular flexibility index (Phi) is 6.48. The fourth-order valence-electron chi connectivity index (χ4n) is 6.73. The molecular formula is C42H29OP. The summed E-state index contributed by atoms with van der Waals surface area (Å²) in [6.45, 7) is 0. The molecule has 8 aromatic rings. The number of hydrogen-bond acceptors (Lipinski definition) is 1. The number of fused-ring (bicyclic) bond motifs is 3. The van der Waals surface area contributed by atoms with Crippen molar-refractivity contribution < 1.29 is 4.57 Å². The van der Waals surface area contributed by atoms with Crippen LogP contribution >= 0.6 is 7.14 Å². The van der Waals surface area contributed by atoms with Crippen LogP contribution in [0.1, 0.15) is 0 Å². The van der Waals surface area contributed by atoms with Crippen LogP contribution in [-0.4, -0.2) is 0 Å². The van der Waals surface area contributed by atoms with Crippen LogP contribution in [0.25, 0.3) is 54.6 Å². The molecule has 0 fully saturated rings. The van der Waals surface area contributed by atoms with Gasteiger partial charge >= 0.3 is 0 Å². The minimum Gasteiger partial charge on any atom is -0.309 e. The monoisotopic (exact) mass is 580 g/mol. The SMILES string of the molecule is O=P(c1ccccc1)(c1ccccc1)c1ccc(-c2c3ccccc3c(-c3cccc4ccccc34)c3ccccc23)cc1. The second-order valence-corrected chi connectivity index (χ2v) is 14.0. The van der Waals surface area contributed by atoms with Gasteiger partial charge in [0.25, 0.3) is 0 Å². The molecule has 8 aromatic carbocycles. The van der Waals surface area contributed by atoms with Crippen LogP contribution in [0.4, 0.5) is 0 Å². The summed E-state index contributed by atoms with van der Waals surface area (Å²) in [6, 6.07) is 60.9. The average Bonchev–Trinajstić information content (AvgIpc) is 3.11. The van der Waals surface area contributed by atoms with Gasteiger partial charge in [-0.25, -0.2) is 0 Å². The molecule has 8 rings (SSSR count). The molecule has 0 aliphatic heterocycles. The lowest BCUT2D eigenvalue weighted by atomic mass is 9.85. The van der Waals surface area contributed by atoms with Crippen molar-refractivity contribution in [3.63, 3.8) is 0 Å². The van der Waals surface area contributed by atoms with E-state index in [1.165, 1.54) is 49.0 Å². The summed E-state index contributed by atoms with van der Waals surface area (Å²) in [5, 5.41) is 9.86. The van der Waals surface area contributed by atoms with Crippen LogP contribution in [0.2, 0.25) is 0 Å². The highest BCUT2D eigenvalue weighted by atomic mass is 31.2. The molecule has 1 nitrogen and oxygen atoms in total. The largest absolute Gasteiger partial charge is 0.309 e. The first-order valence-corrected chi connectivity index (χ1v) is 16.7. The van der Waals surface area contributed by atoms with Crippen molar-refractivity contribution in [2.75, 3.05) is 0 Å². The van der Waals surface area contributed by atoms with Gasteiger partial charge in [0, 0.05) is 15.9 Å². The maximum Gasteiger partial charge on any atom is 0.171 e. The number of hydrogen-bond donors (Lipinski definition) is 0. The van der Waals surface area contributed by atoms with E-state index < -0.39 is 7.14 Å². The lowest BCUT2D eigenvalue weighted by Gasteiger charge is -2.21. The molecule has 0 heterocycles. The molecule has 0 unspecified atom stereocenters. The summed E-state index contributed by atoms with van der Waals surface area (Å²) in [7, 11) is -3.06. The Bertz CT molecular complexity index is 2230. The highest BCUT2D eigenvalue weighted by molar-refractivity contribution is 7.85. The van der Waals surface area contributed by atoms with Gasteiger partial charge in [0.15, 0.2) is 7.14 Å². The third-order valence-corrected chi connectivity index (χ3v) is 11.8. The van der Waals surface area contributed by atoms with Crippen molar-refractivity contribution in [1.82, 2.24) is 0 Å². The Hall–Kier alpha value is -5.23. The van der Waals surface area contributed by atoms with Crippen molar-refractivity contribution in [1.29, 1.82) is 0 Å². The van der Waals surface area contributed by atoms with E-state index in [9.17, 15) is 4.57 Å². The molecular weight excluding hydrogens is 551 g/mol. The van der Waals surface area contributed by atoms with Crippen LogP contribution in [0, 0.1) is 0 Å². The predicted molar refractivity (Wildman–Crippen MR) is 189 cm³/mol. The molecule has 0 aliphatic rings. The molecule has 0 amide bonds. The zero-order valence-electron chi connectivity index (χ0n) is 24.1. The second-order valence-electron chi connectivity index (χ2n) is 11.2. The molecule has 0 aromatic heterocycles. The topological polar surface area (TPSA) is 17.1 Å². The Morgan fingerprint density at radius 2 is 0.727 bits per heavy atom. The van der Waals surface area contributed by atoms with Gasteiger partial charge in [-0.1, -0.05) is 176 Å². The Balaban J connectivity index is 1.37. The van der Waals surface area contributed by atoms with E-state index in [1.54, 1.807) is 0 Å². The van der Waals surface area contributed by atoms with E-state index in [-0.39, 0.29) is 0 Å². The highest BCUT2D eigenvalue weighted by Crippen LogP contribution is 2.46. The lowest BCUT2D eigenvalue weighted by Crippen LogP contribution is -2.24. The smallest absolute Gasteiger partial charge is 0.171 e. The molecule has 0 atom stereocenters. The van der Waals surface area contributed by atoms with Gasteiger partial charge in [0.2, 0.25) is 0 Å². The normalized spacial score (nSPS) is 11.7. The molecule has 0 aliphatic carbocycles. The van der Waals surface area contributed by atoms with E-state index in [0.717, 1.165) is 21.5 Å². The predicted octanol–water partition coefficient (Wildman–Crippen LogP) is 10.1. The molecule has 208 valence electrons. The maximum absolute atomic E-state index is 15.0. The van der Waals surface area contributed by atoms with Crippen molar-refractivity contribution in [3.8, 4) is 22.3 Å². The van der Waals surface area contributed by atoms with Gasteiger partial charge in [-0.2, -0.15) is 0 Å². The minimum absolute atomic E-state index is 0.833. The van der Waals surface area contributed by atoms with Gasteiger partial charge in [-0.05, 0) is 54.6 Å². The summed E-state index contributed by atoms with van der Waals surface area (Å²) < 4.78 is 15.0.